The quantitative estimate of drug-likeness (QED) is 0.868. The van der Waals surface area contributed by atoms with Gasteiger partial charge >= 0.3 is 7.12 Å². The number of rotatable bonds is 3. The number of anilines is 2. The van der Waals surface area contributed by atoms with Crippen LogP contribution in [0.25, 0.3) is 0 Å². The van der Waals surface area contributed by atoms with Crippen LogP contribution in [-0.4, -0.2) is 18.3 Å². The molecule has 4 heteroatoms. The normalized spacial score (nSPS) is 18.9. The highest BCUT2D eigenvalue weighted by Gasteiger charge is 2.51. The largest absolute Gasteiger partial charge is 0.494 e. The molecule has 3 rings (SSSR count). The van der Waals surface area contributed by atoms with Gasteiger partial charge in [0.1, 0.15) is 0 Å². The zero-order valence-electron chi connectivity index (χ0n) is 14.5. The molecule has 1 aliphatic heterocycles. The van der Waals surface area contributed by atoms with E-state index in [1.807, 2.05) is 0 Å². The van der Waals surface area contributed by atoms with Gasteiger partial charge in [-0.25, -0.2) is 0 Å². The first kappa shape index (κ1) is 16.1. The maximum Gasteiger partial charge on any atom is 0.494 e. The van der Waals surface area contributed by atoms with E-state index in [4.69, 9.17) is 9.31 Å². The Morgan fingerprint density at radius 2 is 1.17 bits per heavy atom. The van der Waals surface area contributed by atoms with Gasteiger partial charge in [-0.05, 0) is 64.3 Å². The van der Waals surface area contributed by atoms with Gasteiger partial charge in [-0.3, -0.25) is 0 Å². The molecule has 0 saturated carbocycles. The van der Waals surface area contributed by atoms with E-state index in [1.165, 1.54) is 5.56 Å². The SMILES string of the molecule is Cc1ccc(Nc2ccc(B3OC(C)(C)C(C)(C)O3)cc2)cc1. The molecule has 120 valence electrons. The van der Waals surface area contributed by atoms with Crippen molar-refractivity contribution in [1.29, 1.82) is 0 Å². The van der Waals surface area contributed by atoms with Crippen molar-refractivity contribution in [2.75, 3.05) is 5.32 Å². The average molecular weight is 309 g/mol. The summed E-state index contributed by atoms with van der Waals surface area (Å²) >= 11 is 0. The second-order valence-corrected chi connectivity index (χ2v) is 7.20. The van der Waals surface area contributed by atoms with Gasteiger partial charge in [0.25, 0.3) is 0 Å². The van der Waals surface area contributed by atoms with Crippen molar-refractivity contribution in [2.24, 2.45) is 0 Å². The molecule has 2 aromatic carbocycles. The molecule has 1 N–H and O–H groups in total. The third-order valence-electron chi connectivity index (χ3n) is 4.78. The molecule has 0 bridgehead atoms. The molecule has 1 fully saturated rings. The fourth-order valence-electron chi connectivity index (χ4n) is 2.51. The summed E-state index contributed by atoms with van der Waals surface area (Å²) in [4.78, 5) is 0. The summed E-state index contributed by atoms with van der Waals surface area (Å²) in [6.45, 7) is 10.4. The third kappa shape index (κ3) is 3.28. The summed E-state index contributed by atoms with van der Waals surface area (Å²) in [6, 6.07) is 16.6. The Bertz CT molecular complexity index is 662. The van der Waals surface area contributed by atoms with Gasteiger partial charge in [-0.1, -0.05) is 29.8 Å². The molecule has 0 amide bonds. The van der Waals surface area contributed by atoms with Gasteiger partial charge in [0.15, 0.2) is 0 Å². The van der Waals surface area contributed by atoms with Crippen molar-refractivity contribution in [2.45, 2.75) is 45.8 Å². The number of benzene rings is 2. The highest BCUT2D eigenvalue weighted by molar-refractivity contribution is 6.62. The van der Waals surface area contributed by atoms with Crippen LogP contribution in [-0.2, 0) is 9.31 Å². The molecule has 0 spiro atoms. The minimum absolute atomic E-state index is 0.309. The highest BCUT2D eigenvalue weighted by atomic mass is 16.7. The zero-order chi connectivity index (χ0) is 16.7. The summed E-state index contributed by atoms with van der Waals surface area (Å²) in [7, 11) is -0.312. The van der Waals surface area contributed by atoms with Crippen LogP contribution in [0.2, 0.25) is 0 Å². The van der Waals surface area contributed by atoms with Gasteiger partial charge in [0, 0.05) is 11.4 Å². The van der Waals surface area contributed by atoms with E-state index in [0.717, 1.165) is 16.8 Å². The van der Waals surface area contributed by atoms with Crippen LogP contribution in [0.5, 0.6) is 0 Å². The lowest BCUT2D eigenvalue weighted by Crippen LogP contribution is -2.41. The van der Waals surface area contributed by atoms with Crippen molar-refractivity contribution in [3.05, 3.63) is 54.1 Å². The fraction of sp³-hybridized carbons (Fsp3) is 0.368. The van der Waals surface area contributed by atoms with Crippen molar-refractivity contribution in [1.82, 2.24) is 0 Å². The third-order valence-corrected chi connectivity index (χ3v) is 4.78. The van der Waals surface area contributed by atoms with E-state index in [1.54, 1.807) is 0 Å². The zero-order valence-corrected chi connectivity index (χ0v) is 14.5. The maximum absolute atomic E-state index is 6.08. The molecule has 2 aromatic rings. The van der Waals surface area contributed by atoms with Gasteiger partial charge in [0.2, 0.25) is 0 Å². The van der Waals surface area contributed by atoms with Crippen LogP contribution < -0.4 is 10.8 Å². The van der Waals surface area contributed by atoms with E-state index in [9.17, 15) is 0 Å². The molecule has 3 nitrogen and oxygen atoms in total. The predicted molar refractivity (Wildman–Crippen MR) is 96.6 cm³/mol. The smallest absolute Gasteiger partial charge is 0.399 e. The van der Waals surface area contributed by atoms with Gasteiger partial charge in [-0.2, -0.15) is 0 Å². The summed E-state index contributed by atoms with van der Waals surface area (Å²) in [5, 5.41) is 3.40. The number of hydrogen-bond acceptors (Lipinski definition) is 3. The molecule has 0 aliphatic carbocycles. The standard InChI is InChI=1S/C19H24BNO2/c1-14-6-10-16(11-7-14)21-17-12-8-15(9-13-17)20-22-18(2,3)19(4,5)23-20/h6-13,21H,1-5H3. The molecule has 0 radical (unpaired) electrons. The first-order valence-electron chi connectivity index (χ1n) is 8.06. The Labute approximate surface area is 139 Å². The Balaban J connectivity index is 1.72. The average Bonchev–Trinajstić information content (AvgIpc) is 2.71. The molecule has 23 heavy (non-hydrogen) atoms. The fourth-order valence-corrected chi connectivity index (χ4v) is 2.51. The minimum Gasteiger partial charge on any atom is -0.399 e. The Kier molecular flexibility index (Phi) is 3.99. The summed E-state index contributed by atoms with van der Waals surface area (Å²) in [5.41, 5.74) is 3.81. The summed E-state index contributed by atoms with van der Waals surface area (Å²) in [6.07, 6.45) is 0. The lowest BCUT2D eigenvalue weighted by Gasteiger charge is -2.32. The monoisotopic (exact) mass is 309 g/mol. The molecule has 0 atom stereocenters. The summed E-state index contributed by atoms with van der Waals surface area (Å²) < 4.78 is 12.2. The molecule has 1 heterocycles. The second kappa shape index (κ2) is 5.70. The number of aryl methyl sites for hydroxylation is 1. The van der Waals surface area contributed by atoms with E-state index in [-0.39, 0.29) is 18.3 Å². The van der Waals surface area contributed by atoms with Crippen molar-refractivity contribution >= 4 is 24.0 Å². The molecule has 0 aromatic heterocycles. The van der Waals surface area contributed by atoms with Crippen LogP contribution in [0, 0.1) is 6.92 Å². The van der Waals surface area contributed by atoms with Crippen LogP contribution >= 0.6 is 0 Å². The van der Waals surface area contributed by atoms with Crippen LogP contribution in [0.1, 0.15) is 33.3 Å². The van der Waals surface area contributed by atoms with Gasteiger partial charge < -0.3 is 14.6 Å². The maximum atomic E-state index is 6.08. The number of nitrogens with one attached hydrogen (secondary N) is 1. The van der Waals surface area contributed by atoms with E-state index in [0.29, 0.717) is 0 Å². The topological polar surface area (TPSA) is 30.5 Å². The number of hydrogen-bond donors (Lipinski definition) is 1. The Morgan fingerprint density at radius 1 is 0.739 bits per heavy atom. The molecule has 0 unspecified atom stereocenters. The van der Waals surface area contributed by atoms with E-state index in [2.05, 4.69) is 88.5 Å². The van der Waals surface area contributed by atoms with E-state index >= 15 is 0 Å². The Hall–Kier alpha value is -1.78. The summed E-state index contributed by atoms with van der Waals surface area (Å²) in [5.74, 6) is 0. The van der Waals surface area contributed by atoms with Crippen LogP contribution in [0.3, 0.4) is 0 Å². The van der Waals surface area contributed by atoms with Crippen molar-refractivity contribution in [3.8, 4) is 0 Å². The minimum atomic E-state index is -0.312. The van der Waals surface area contributed by atoms with Crippen LogP contribution in [0.15, 0.2) is 48.5 Å². The van der Waals surface area contributed by atoms with Crippen molar-refractivity contribution in [3.63, 3.8) is 0 Å². The van der Waals surface area contributed by atoms with Gasteiger partial charge in [-0.15, -0.1) is 0 Å². The van der Waals surface area contributed by atoms with Gasteiger partial charge in [0.05, 0.1) is 11.2 Å². The molecule has 1 aliphatic rings. The van der Waals surface area contributed by atoms with Crippen molar-refractivity contribution < 1.29 is 9.31 Å². The molecular formula is C19H24BNO2. The van der Waals surface area contributed by atoms with E-state index < -0.39 is 0 Å². The second-order valence-electron chi connectivity index (χ2n) is 7.20. The first-order chi connectivity index (χ1) is 10.8. The molecule has 1 saturated heterocycles. The lowest BCUT2D eigenvalue weighted by atomic mass is 9.79. The lowest BCUT2D eigenvalue weighted by molar-refractivity contribution is 0.00578. The Morgan fingerprint density at radius 3 is 1.65 bits per heavy atom. The molecular weight excluding hydrogens is 285 g/mol. The first-order valence-corrected chi connectivity index (χ1v) is 8.06. The highest BCUT2D eigenvalue weighted by Crippen LogP contribution is 2.36. The van der Waals surface area contributed by atoms with Crippen LogP contribution in [0.4, 0.5) is 11.4 Å². The predicted octanol–water partition coefficient (Wildman–Crippen LogP) is 4.04.